The van der Waals surface area contributed by atoms with Crippen molar-refractivity contribution < 1.29 is 87.2 Å². The summed E-state index contributed by atoms with van der Waals surface area (Å²) in [7, 11) is 0. The van der Waals surface area contributed by atoms with E-state index in [0.717, 1.165) is 32.1 Å². The molecule has 111 heavy (non-hydrogen) atoms. The van der Waals surface area contributed by atoms with E-state index in [2.05, 4.69) is 73.4 Å². The number of aromatic nitrogens is 2. The number of imidazole rings is 1. The quantitative estimate of drug-likeness (QED) is 0.0414. The summed E-state index contributed by atoms with van der Waals surface area (Å²) in [6.45, 7) is 14.8. The lowest BCUT2D eigenvalue weighted by molar-refractivity contribution is -0.143. The van der Waals surface area contributed by atoms with E-state index >= 15 is 0 Å². The van der Waals surface area contributed by atoms with Gasteiger partial charge in [0.1, 0.15) is 66.5 Å². The smallest absolute Gasteiger partial charge is 0.306 e. The van der Waals surface area contributed by atoms with Crippen LogP contribution in [0, 0.1) is 35.5 Å². The van der Waals surface area contributed by atoms with Crippen molar-refractivity contribution in [2.24, 2.45) is 63.4 Å². The van der Waals surface area contributed by atoms with Gasteiger partial charge in [-0.3, -0.25) is 76.9 Å². The van der Waals surface area contributed by atoms with Gasteiger partial charge in [-0.2, -0.15) is 0 Å². The number of carbonyl (C=O) groups excluding carboxylic acids is 12. The van der Waals surface area contributed by atoms with Gasteiger partial charge in [-0.05, 0) is 119 Å². The Morgan fingerprint density at radius 2 is 1.23 bits per heavy atom. The Morgan fingerprint density at radius 3 is 1.79 bits per heavy atom. The number of aromatic amines is 1. The van der Waals surface area contributed by atoms with Crippen LogP contribution in [0.3, 0.4) is 0 Å². The highest BCUT2D eigenvalue weighted by atomic mass is 32.2. The SMILES string of the molecule is CC[C@H](C)[C@H](N)C1=N[C@H](C(=O)N[C@@H](CC(C)C)C(=O)N[C@H](CCC(=O)O)C(=O)N[C@H](C(=O)N[C@H]2CCCCNC(=O)[C@H](CC(N)=O)NC(=O)[C@@H](CC(=O)O)NC(=O)[C@H](Cc3cnc[nH]3)NC(=O)[C@@H](Cc3ccccc3)NC(=O)[C@H]([C@@H](C)CC)NC(=O)[C@@H](CCCN)NC2=O)[C@@H](C)CC)CS1.NCC1CCC(C(=O)O)CC1. The molecule has 37 heteroatoms. The first-order chi connectivity index (χ1) is 52.6. The Balaban J connectivity index is 0.00000216. The number of aliphatic imine (C=N–C) groups is 1. The number of nitrogens with two attached hydrogens (primary N) is 4. The molecule has 2 aromatic rings. The summed E-state index contributed by atoms with van der Waals surface area (Å²) in [5.74, 6) is -15.6. The Hall–Kier alpha value is -9.62. The van der Waals surface area contributed by atoms with Crippen LogP contribution in [-0.2, 0) is 84.8 Å². The minimum Gasteiger partial charge on any atom is -0.481 e. The standard InChI is InChI=1S/C66H103N17O16S.C8H15NO2/c1-9-35(6)52(69)66-81-48(32-100-66)63(97)76-43(26-34(4)5)59(93)74-42(22-23-50(85)86)58(92)83-53(36(7)10-2)64(98)75-40-20-15-16-25-71-55(89)46(29-49(68)84)78-62(96)47(30-51(87)88)79-61(95)45(28-39-31-70-33-72-39)77-60(94)44(27-38-18-13-12-14-19-38)80-65(99)54(37(8)11-3)82-57(91)41(21-17-24-67)73-56(40)90;9-5-6-1-3-7(4-2-6)8(10)11/h12-14,18-19,31,33-37,40-48,52-54H,9-11,15-17,20-30,32,67,69H2,1-8H3,(H2,68,84)(H,70,72)(H,71,89)(H,73,90)(H,74,93)(H,75,98)(H,76,97)(H,77,94)(H,78,96)(H,79,95)(H,80,99)(H,82,91)(H,83,92)(H,85,86)(H,87,88);6-7H,1-5,9H2,(H,10,11)/t35-,36-,37-,40-,41+,42+,43-,44+,45-,46-,47+,48-,52-,53-,54-;/m0./s1. The molecule has 15 atom stereocenters. The molecule has 1 aromatic carbocycles. The van der Waals surface area contributed by atoms with Gasteiger partial charge in [0.15, 0.2) is 0 Å². The van der Waals surface area contributed by atoms with Gasteiger partial charge in [-0.1, -0.05) is 105 Å². The minimum absolute atomic E-state index is 0.00117. The second-order valence-corrected chi connectivity index (χ2v) is 30.3. The molecule has 0 radical (unpaired) electrons. The molecule has 2 aliphatic heterocycles. The molecule has 618 valence electrons. The first-order valence-corrected chi connectivity index (χ1v) is 39.3. The van der Waals surface area contributed by atoms with Gasteiger partial charge in [0.25, 0.3) is 0 Å². The van der Waals surface area contributed by atoms with E-state index in [4.69, 9.17) is 28.0 Å². The van der Waals surface area contributed by atoms with Crippen molar-refractivity contribution in [3.05, 3.63) is 54.1 Å². The fourth-order valence-electron chi connectivity index (χ4n) is 12.5. The van der Waals surface area contributed by atoms with Gasteiger partial charge < -0.3 is 102 Å². The van der Waals surface area contributed by atoms with Gasteiger partial charge in [-0.15, -0.1) is 11.8 Å². The summed E-state index contributed by atoms with van der Waals surface area (Å²) in [4.78, 5) is 217. The van der Waals surface area contributed by atoms with Crippen LogP contribution in [0.4, 0.5) is 0 Å². The molecular formula is C74H118N18O18S. The molecule has 12 amide bonds. The molecule has 23 N–H and O–H groups in total. The van der Waals surface area contributed by atoms with Gasteiger partial charge in [0.05, 0.1) is 36.2 Å². The number of hydrogen-bond acceptors (Lipinski definition) is 21. The van der Waals surface area contributed by atoms with Crippen LogP contribution >= 0.6 is 11.8 Å². The van der Waals surface area contributed by atoms with E-state index in [-0.39, 0.29) is 101 Å². The Kier molecular flexibility index (Phi) is 40.7. The molecule has 3 heterocycles. The predicted octanol–water partition coefficient (Wildman–Crippen LogP) is -0.841. The van der Waals surface area contributed by atoms with Crippen molar-refractivity contribution >= 4 is 106 Å². The Bertz CT molecular complexity index is 3470. The average molecular weight is 1580 g/mol. The molecule has 1 aromatic heterocycles. The third-order valence-corrected chi connectivity index (χ3v) is 21.2. The fourth-order valence-corrected chi connectivity index (χ4v) is 13.7. The zero-order valence-corrected chi connectivity index (χ0v) is 65.6. The lowest BCUT2D eigenvalue weighted by atomic mass is 9.82. The first-order valence-electron chi connectivity index (χ1n) is 38.3. The highest BCUT2D eigenvalue weighted by Crippen LogP contribution is 2.28. The van der Waals surface area contributed by atoms with Gasteiger partial charge in [-0.25, -0.2) is 4.98 Å². The molecular weight excluding hydrogens is 1460 g/mol. The number of primary amides is 1. The van der Waals surface area contributed by atoms with E-state index in [0.29, 0.717) is 28.8 Å². The van der Waals surface area contributed by atoms with Crippen molar-refractivity contribution in [2.45, 2.75) is 250 Å². The van der Waals surface area contributed by atoms with E-state index in [1.165, 1.54) is 24.3 Å². The maximum atomic E-state index is 14.9. The number of nitrogens with one attached hydrogen (secondary N) is 12. The van der Waals surface area contributed by atoms with Crippen LogP contribution in [0.25, 0.3) is 0 Å². The highest BCUT2D eigenvalue weighted by molar-refractivity contribution is 8.14. The number of carboxylic acid groups (broad SMARTS) is 3. The predicted molar refractivity (Wildman–Crippen MR) is 411 cm³/mol. The van der Waals surface area contributed by atoms with Crippen molar-refractivity contribution in [1.82, 2.24) is 68.5 Å². The number of thioether (sulfide) groups is 1. The molecule has 1 saturated heterocycles. The van der Waals surface area contributed by atoms with Gasteiger partial charge in [0, 0.05) is 43.5 Å². The van der Waals surface area contributed by atoms with Crippen molar-refractivity contribution in [3.63, 3.8) is 0 Å². The molecule has 1 saturated carbocycles. The third-order valence-electron chi connectivity index (χ3n) is 20.0. The van der Waals surface area contributed by atoms with E-state index in [1.807, 2.05) is 27.7 Å². The average Bonchev–Trinajstić information content (AvgIpc) is 1.83. The summed E-state index contributed by atoms with van der Waals surface area (Å²) in [5, 5.41) is 57.7. The van der Waals surface area contributed by atoms with Crippen LogP contribution in [0.1, 0.15) is 176 Å². The first kappa shape index (κ1) is 93.8. The van der Waals surface area contributed by atoms with Gasteiger partial charge >= 0.3 is 17.9 Å². The summed E-state index contributed by atoms with van der Waals surface area (Å²) >= 11 is 1.35. The van der Waals surface area contributed by atoms with Gasteiger partial charge in [0.2, 0.25) is 70.9 Å². The normalized spacial score (nSPS) is 24.0. The number of benzene rings is 1. The Morgan fingerprint density at radius 1 is 0.631 bits per heavy atom. The number of H-pyrrole nitrogens is 1. The molecule has 3 aliphatic rings. The van der Waals surface area contributed by atoms with Crippen LogP contribution in [-0.4, -0.2) is 217 Å². The lowest BCUT2D eigenvalue weighted by Gasteiger charge is -2.30. The zero-order valence-electron chi connectivity index (χ0n) is 64.8. The molecule has 5 rings (SSSR count). The third kappa shape index (κ3) is 32.3. The van der Waals surface area contributed by atoms with Crippen molar-refractivity contribution in [3.8, 4) is 0 Å². The van der Waals surface area contributed by atoms with Crippen LogP contribution < -0.4 is 81.4 Å². The van der Waals surface area contributed by atoms with Crippen molar-refractivity contribution in [2.75, 3.05) is 25.4 Å². The number of carbonyl (C=O) groups is 15. The maximum Gasteiger partial charge on any atom is 0.306 e. The number of nitrogens with zero attached hydrogens (tertiary/aromatic N) is 2. The summed E-state index contributed by atoms with van der Waals surface area (Å²) in [6, 6.07) is -8.34. The van der Waals surface area contributed by atoms with Crippen LogP contribution in [0.2, 0.25) is 0 Å². The van der Waals surface area contributed by atoms with E-state index in [1.54, 1.807) is 58.0 Å². The summed E-state index contributed by atoms with van der Waals surface area (Å²) in [5.41, 5.74) is 24.2. The number of carboxylic acids is 3. The lowest BCUT2D eigenvalue weighted by Crippen LogP contribution is -2.62. The number of hydrogen-bond donors (Lipinski definition) is 19. The molecule has 2 fully saturated rings. The topological polar surface area (TPSA) is 594 Å². The molecule has 0 bridgehead atoms. The second kappa shape index (κ2) is 48.2. The fraction of sp³-hybridized carbons (Fsp3) is 0.662. The number of amides is 12. The Labute approximate surface area is 651 Å². The minimum atomic E-state index is -1.94. The maximum absolute atomic E-state index is 14.9. The molecule has 1 aliphatic carbocycles. The van der Waals surface area contributed by atoms with Crippen LogP contribution in [0.5, 0.6) is 0 Å². The van der Waals surface area contributed by atoms with Crippen molar-refractivity contribution in [1.29, 1.82) is 0 Å². The summed E-state index contributed by atoms with van der Waals surface area (Å²) < 4.78 is 0. The highest BCUT2D eigenvalue weighted by Gasteiger charge is 2.40. The zero-order chi connectivity index (χ0) is 82.6. The second-order valence-electron chi connectivity index (χ2n) is 29.2. The molecule has 0 spiro atoms. The monoisotopic (exact) mass is 1580 g/mol. The number of aliphatic carboxylic acids is 3. The van der Waals surface area contributed by atoms with E-state index < -0.39 is 199 Å². The van der Waals surface area contributed by atoms with Crippen LogP contribution in [0.15, 0.2) is 47.8 Å². The number of rotatable bonds is 33. The summed E-state index contributed by atoms with van der Waals surface area (Å²) in [6.07, 6.45) is 3.99. The largest absolute Gasteiger partial charge is 0.481 e. The molecule has 0 unspecified atom stereocenters. The molecule has 36 nitrogen and oxygen atoms in total. The van der Waals surface area contributed by atoms with E-state index in [9.17, 15) is 82.1 Å².